The van der Waals surface area contributed by atoms with E-state index in [1.165, 1.54) is 11.3 Å². The van der Waals surface area contributed by atoms with E-state index in [1.807, 2.05) is 25.1 Å². The Morgan fingerprint density at radius 1 is 0.947 bits per heavy atom. The summed E-state index contributed by atoms with van der Waals surface area (Å²) < 4.78 is 2.14. The molecule has 0 saturated heterocycles. The number of nitrogens with zero attached hydrogens (tertiary/aromatic N) is 2. The van der Waals surface area contributed by atoms with E-state index in [-0.39, 0.29) is 0 Å². The third-order valence-electron chi connectivity index (χ3n) is 3.41. The van der Waals surface area contributed by atoms with Gasteiger partial charge in [-0.25, -0.2) is 4.98 Å². The van der Waals surface area contributed by atoms with Gasteiger partial charge in [-0.2, -0.15) is 0 Å². The van der Waals surface area contributed by atoms with Crippen LogP contribution in [0.15, 0.2) is 48.7 Å². The molecule has 2 heterocycles. The van der Waals surface area contributed by atoms with Gasteiger partial charge in [-0.15, -0.1) is 0 Å². The Morgan fingerprint density at radius 3 is 2.53 bits per heavy atom. The molecule has 2 aromatic heterocycles. The number of aryl methyl sites for hydroxylation is 2. The number of hydrogen-bond acceptors (Lipinski definition) is 1. The van der Waals surface area contributed by atoms with E-state index in [4.69, 9.17) is 0 Å². The molecular formula is C17H16N2. The summed E-state index contributed by atoms with van der Waals surface area (Å²) in [5, 5.41) is 0. The van der Waals surface area contributed by atoms with Gasteiger partial charge in [-0.3, -0.25) is 0 Å². The van der Waals surface area contributed by atoms with Crippen molar-refractivity contribution in [3.05, 3.63) is 71.2 Å². The second-order valence-electron chi connectivity index (χ2n) is 4.68. The monoisotopic (exact) mass is 248 g/mol. The Kier molecular flexibility index (Phi) is 2.92. The molecule has 0 fully saturated rings. The van der Waals surface area contributed by atoms with Crippen LogP contribution in [0.4, 0.5) is 0 Å². The quantitative estimate of drug-likeness (QED) is 0.666. The lowest BCUT2D eigenvalue weighted by Gasteiger charge is -1.99. The minimum atomic E-state index is 1.02. The van der Waals surface area contributed by atoms with Gasteiger partial charge < -0.3 is 4.40 Å². The molecule has 0 radical (unpaired) electrons. The molecule has 0 aliphatic rings. The zero-order valence-corrected chi connectivity index (χ0v) is 11.2. The molecule has 1 aromatic carbocycles. The Hall–Kier alpha value is -2.35. The van der Waals surface area contributed by atoms with Crippen LogP contribution >= 0.6 is 0 Å². The Labute approximate surface area is 113 Å². The molecule has 0 aliphatic heterocycles. The van der Waals surface area contributed by atoms with E-state index >= 15 is 0 Å². The zero-order valence-electron chi connectivity index (χ0n) is 11.2. The van der Waals surface area contributed by atoms with Crippen LogP contribution in [0.2, 0.25) is 0 Å². The van der Waals surface area contributed by atoms with Crippen LogP contribution in [-0.2, 0) is 0 Å². The van der Waals surface area contributed by atoms with Crippen LogP contribution in [0.1, 0.15) is 22.5 Å². The maximum Gasteiger partial charge on any atom is 0.144 e. The van der Waals surface area contributed by atoms with Crippen molar-refractivity contribution < 1.29 is 0 Å². The van der Waals surface area contributed by atoms with Gasteiger partial charge in [0.15, 0.2) is 0 Å². The number of imidazole rings is 1. The van der Waals surface area contributed by atoms with Gasteiger partial charge >= 0.3 is 0 Å². The van der Waals surface area contributed by atoms with Crippen molar-refractivity contribution in [2.45, 2.75) is 13.8 Å². The Bertz CT molecular complexity index is 737. The molecule has 0 saturated carbocycles. The second kappa shape index (κ2) is 4.73. The molecule has 2 nitrogen and oxygen atoms in total. The van der Waals surface area contributed by atoms with Crippen molar-refractivity contribution in [3.63, 3.8) is 0 Å². The third kappa shape index (κ3) is 2.17. The smallest absolute Gasteiger partial charge is 0.144 e. The van der Waals surface area contributed by atoms with E-state index in [0.29, 0.717) is 0 Å². The number of fused-ring (bicyclic) bond motifs is 1. The van der Waals surface area contributed by atoms with Gasteiger partial charge in [0.1, 0.15) is 5.65 Å². The number of rotatable bonds is 2. The summed E-state index contributed by atoms with van der Waals surface area (Å²) in [6.45, 7) is 4.15. The van der Waals surface area contributed by atoms with E-state index < -0.39 is 0 Å². The first-order valence-electron chi connectivity index (χ1n) is 6.43. The number of hydrogen-bond donors (Lipinski definition) is 0. The van der Waals surface area contributed by atoms with Crippen LogP contribution in [0.25, 0.3) is 17.8 Å². The first-order chi connectivity index (χ1) is 9.25. The average Bonchev–Trinajstić information content (AvgIpc) is 2.74. The van der Waals surface area contributed by atoms with Crippen molar-refractivity contribution in [2.75, 3.05) is 0 Å². The van der Waals surface area contributed by atoms with Gasteiger partial charge in [0.05, 0.1) is 5.69 Å². The molecule has 0 spiro atoms. The maximum absolute atomic E-state index is 4.64. The zero-order chi connectivity index (χ0) is 13.2. The molecule has 0 unspecified atom stereocenters. The maximum atomic E-state index is 4.64. The molecular weight excluding hydrogens is 232 g/mol. The summed E-state index contributed by atoms with van der Waals surface area (Å²) >= 11 is 0. The van der Waals surface area contributed by atoms with Gasteiger partial charge in [0, 0.05) is 17.5 Å². The first-order valence-corrected chi connectivity index (χ1v) is 6.43. The minimum absolute atomic E-state index is 1.02. The summed E-state index contributed by atoms with van der Waals surface area (Å²) in [6.07, 6.45) is 6.30. The molecule has 0 bridgehead atoms. The topological polar surface area (TPSA) is 17.3 Å². The molecule has 0 amide bonds. The first kappa shape index (κ1) is 11.7. The lowest BCUT2D eigenvalue weighted by atomic mass is 10.1. The number of benzene rings is 1. The molecule has 3 aromatic rings. The van der Waals surface area contributed by atoms with Crippen LogP contribution in [0, 0.1) is 13.8 Å². The fraction of sp³-hybridized carbons (Fsp3) is 0.118. The normalized spacial score (nSPS) is 11.5. The number of pyridine rings is 1. The van der Waals surface area contributed by atoms with Crippen molar-refractivity contribution in [3.8, 4) is 0 Å². The van der Waals surface area contributed by atoms with E-state index in [2.05, 4.69) is 58.9 Å². The molecule has 94 valence electrons. The molecule has 0 N–H and O–H groups in total. The fourth-order valence-electron chi connectivity index (χ4n) is 2.20. The average molecular weight is 248 g/mol. The van der Waals surface area contributed by atoms with E-state index in [0.717, 1.165) is 16.9 Å². The summed E-state index contributed by atoms with van der Waals surface area (Å²) in [7, 11) is 0. The Balaban J connectivity index is 2.06. The summed E-state index contributed by atoms with van der Waals surface area (Å²) in [4.78, 5) is 4.64. The van der Waals surface area contributed by atoms with Gasteiger partial charge in [-0.05, 0) is 31.5 Å². The Morgan fingerprint density at radius 2 is 1.74 bits per heavy atom. The van der Waals surface area contributed by atoms with Gasteiger partial charge in [-0.1, -0.05) is 42.5 Å². The lowest BCUT2D eigenvalue weighted by molar-refractivity contribution is 1.09. The standard InChI is InChI=1S/C17H16N2/c1-13-14(2)19-12-6-9-16(17(19)18-13)11-10-15-7-4-3-5-8-15/h3-12H,1-2H3/b11-10-. The van der Waals surface area contributed by atoms with Crippen LogP contribution < -0.4 is 0 Å². The molecule has 3 rings (SSSR count). The summed E-state index contributed by atoms with van der Waals surface area (Å²) in [5.41, 5.74) is 5.64. The van der Waals surface area contributed by atoms with Crippen molar-refractivity contribution in [2.24, 2.45) is 0 Å². The number of aromatic nitrogens is 2. The van der Waals surface area contributed by atoms with E-state index in [1.54, 1.807) is 0 Å². The SMILES string of the molecule is Cc1nc2c(/C=C\c3ccccc3)cccn2c1C. The highest BCUT2D eigenvalue weighted by molar-refractivity contribution is 5.76. The van der Waals surface area contributed by atoms with Crippen LogP contribution in [0.5, 0.6) is 0 Å². The van der Waals surface area contributed by atoms with Crippen molar-refractivity contribution in [1.82, 2.24) is 9.38 Å². The molecule has 19 heavy (non-hydrogen) atoms. The summed E-state index contributed by atoms with van der Waals surface area (Å²) in [6, 6.07) is 14.5. The lowest BCUT2D eigenvalue weighted by Crippen LogP contribution is -1.88. The van der Waals surface area contributed by atoms with Crippen molar-refractivity contribution in [1.29, 1.82) is 0 Å². The molecule has 0 atom stereocenters. The highest BCUT2D eigenvalue weighted by Crippen LogP contribution is 2.17. The summed E-state index contributed by atoms with van der Waals surface area (Å²) in [5.74, 6) is 0. The largest absolute Gasteiger partial charge is 0.304 e. The minimum Gasteiger partial charge on any atom is -0.304 e. The van der Waals surface area contributed by atoms with Crippen LogP contribution in [0.3, 0.4) is 0 Å². The highest BCUT2D eigenvalue weighted by atomic mass is 15.0. The predicted molar refractivity (Wildman–Crippen MR) is 80.0 cm³/mol. The second-order valence-corrected chi connectivity index (χ2v) is 4.68. The van der Waals surface area contributed by atoms with Gasteiger partial charge in [0.2, 0.25) is 0 Å². The van der Waals surface area contributed by atoms with E-state index in [9.17, 15) is 0 Å². The predicted octanol–water partition coefficient (Wildman–Crippen LogP) is 4.12. The molecule has 2 heteroatoms. The third-order valence-corrected chi connectivity index (χ3v) is 3.41. The fourth-order valence-corrected chi connectivity index (χ4v) is 2.20. The highest BCUT2D eigenvalue weighted by Gasteiger charge is 2.05. The van der Waals surface area contributed by atoms with Gasteiger partial charge in [0.25, 0.3) is 0 Å². The molecule has 0 aliphatic carbocycles. The van der Waals surface area contributed by atoms with Crippen molar-refractivity contribution >= 4 is 17.8 Å². The van der Waals surface area contributed by atoms with Crippen LogP contribution in [-0.4, -0.2) is 9.38 Å².